The molecule has 0 aliphatic rings. The van der Waals surface area contributed by atoms with E-state index in [0.717, 1.165) is 5.56 Å². The van der Waals surface area contributed by atoms with Crippen LogP contribution in [0, 0.1) is 18.2 Å². The Morgan fingerprint density at radius 3 is 2.67 bits per heavy atom. The number of hydrogen-bond donors (Lipinski definition) is 2. The first kappa shape index (κ1) is 20.0. The van der Waals surface area contributed by atoms with Crippen LogP contribution in [0.5, 0.6) is 0 Å². The van der Waals surface area contributed by atoms with Crippen LogP contribution >= 0.6 is 0 Å². The average molecular weight is 366 g/mol. The number of anilines is 1. The summed E-state index contributed by atoms with van der Waals surface area (Å²) in [6.07, 6.45) is 5.37. The molecule has 2 aromatic rings. The zero-order valence-electron chi connectivity index (χ0n) is 15.5. The van der Waals surface area contributed by atoms with Crippen LogP contribution in [-0.4, -0.2) is 36.9 Å². The number of rotatable bonds is 6. The molecule has 0 saturated carbocycles. The molecule has 2 N–H and O–H groups in total. The molecule has 2 rings (SSSR count). The summed E-state index contributed by atoms with van der Waals surface area (Å²) < 4.78 is 13.0. The fourth-order valence-corrected chi connectivity index (χ4v) is 2.44. The van der Waals surface area contributed by atoms with Crippen molar-refractivity contribution in [2.45, 2.75) is 13.5 Å². The summed E-state index contributed by atoms with van der Waals surface area (Å²) in [4.78, 5) is 18.4. The largest absolute Gasteiger partial charge is 0.357 e. The van der Waals surface area contributed by atoms with Gasteiger partial charge in [-0.15, -0.1) is 6.42 Å². The Morgan fingerprint density at radius 2 is 2.00 bits per heavy atom. The second-order valence-electron chi connectivity index (χ2n) is 5.93. The summed E-state index contributed by atoms with van der Waals surface area (Å²) in [5.74, 6) is 2.61. The third-order valence-corrected chi connectivity index (χ3v) is 3.71. The van der Waals surface area contributed by atoms with Gasteiger partial charge in [-0.05, 0) is 42.8 Å². The zero-order chi connectivity index (χ0) is 19.6. The average Bonchev–Trinajstić information content (AvgIpc) is 2.67. The SMILES string of the molecule is C#Cc1cccc(NC(=O)CN=C(NCC)N(C)Cc2ccc(F)cc2)c1. The van der Waals surface area contributed by atoms with E-state index in [1.165, 1.54) is 12.1 Å². The third kappa shape index (κ3) is 6.48. The van der Waals surface area contributed by atoms with E-state index in [-0.39, 0.29) is 18.3 Å². The highest BCUT2D eigenvalue weighted by molar-refractivity contribution is 5.94. The molecular formula is C21H23FN4O. The van der Waals surface area contributed by atoms with E-state index in [0.29, 0.717) is 30.3 Å². The molecule has 0 heterocycles. The van der Waals surface area contributed by atoms with E-state index in [1.54, 1.807) is 36.4 Å². The molecule has 0 fully saturated rings. The molecule has 0 atom stereocenters. The molecule has 1 amide bonds. The van der Waals surface area contributed by atoms with Crippen molar-refractivity contribution >= 4 is 17.6 Å². The molecule has 0 aliphatic heterocycles. The van der Waals surface area contributed by atoms with Crippen LogP contribution < -0.4 is 10.6 Å². The van der Waals surface area contributed by atoms with Crippen molar-refractivity contribution in [3.63, 3.8) is 0 Å². The molecule has 27 heavy (non-hydrogen) atoms. The number of nitrogens with one attached hydrogen (secondary N) is 2. The Balaban J connectivity index is 1.99. The van der Waals surface area contributed by atoms with Crippen molar-refractivity contribution < 1.29 is 9.18 Å². The lowest BCUT2D eigenvalue weighted by Gasteiger charge is -2.22. The molecule has 140 valence electrons. The Hall–Kier alpha value is -3.33. The first-order chi connectivity index (χ1) is 13.0. The van der Waals surface area contributed by atoms with Gasteiger partial charge in [-0.25, -0.2) is 9.38 Å². The van der Waals surface area contributed by atoms with Crippen LogP contribution in [0.3, 0.4) is 0 Å². The van der Waals surface area contributed by atoms with E-state index in [4.69, 9.17) is 6.42 Å². The molecule has 0 aromatic heterocycles. The van der Waals surface area contributed by atoms with Crippen molar-refractivity contribution in [1.82, 2.24) is 10.2 Å². The van der Waals surface area contributed by atoms with Crippen molar-refractivity contribution in [1.29, 1.82) is 0 Å². The molecule has 0 unspecified atom stereocenters. The smallest absolute Gasteiger partial charge is 0.246 e. The number of carbonyl (C=O) groups is 1. The Labute approximate surface area is 159 Å². The summed E-state index contributed by atoms with van der Waals surface area (Å²) in [6.45, 7) is 3.12. The Bertz CT molecular complexity index is 840. The highest BCUT2D eigenvalue weighted by Gasteiger charge is 2.08. The fourth-order valence-electron chi connectivity index (χ4n) is 2.44. The summed E-state index contributed by atoms with van der Waals surface area (Å²) >= 11 is 0. The number of nitrogens with zero attached hydrogens (tertiary/aromatic N) is 2. The van der Waals surface area contributed by atoms with Crippen molar-refractivity contribution in [2.75, 3.05) is 25.5 Å². The molecule has 2 aromatic carbocycles. The van der Waals surface area contributed by atoms with Crippen LogP contribution in [0.2, 0.25) is 0 Å². The number of guanidine groups is 1. The van der Waals surface area contributed by atoms with Gasteiger partial charge in [0.2, 0.25) is 5.91 Å². The van der Waals surface area contributed by atoms with E-state index in [9.17, 15) is 9.18 Å². The van der Waals surface area contributed by atoms with E-state index in [2.05, 4.69) is 21.5 Å². The van der Waals surface area contributed by atoms with E-state index >= 15 is 0 Å². The van der Waals surface area contributed by atoms with Gasteiger partial charge in [0.05, 0.1) is 0 Å². The van der Waals surface area contributed by atoms with Crippen molar-refractivity contribution in [3.05, 3.63) is 65.5 Å². The molecule has 0 spiro atoms. The van der Waals surface area contributed by atoms with Crippen molar-refractivity contribution in [3.8, 4) is 12.3 Å². The van der Waals surface area contributed by atoms with Gasteiger partial charge in [-0.1, -0.05) is 24.1 Å². The number of carbonyl (C=O) groups excluding carboxylic acids is 1. The standard InChI is InChI=1S/C21H23FN4O/c1-4-16-7-6-8-19(13-16)25-20(27)14-24-21(23-5-2)26(3)15-17-9-11-18(22)12-10-17/h1,6-13H,5,14-15H2,2-3H3,(H,23,24)(H,25,27). The normalized spacial score (nSPS) is 10.8. The molecule has 5 nitrogen and oxygen atoms in total. The second kappa shape index (κ2) is 9.97. The molecule has 0 bridgehead atoms. The number of aliphatic imine (C=N–C) groups is 1. The van der Waals surface area contributed by atoms with Crippen LogP contribution in [0.1, 0.15) is 18.1 Å². The molecule has 0 aliphatic carbocycles. The number of benzene rings is 2. The monoisotopic (exact) mass is 366 g/mol. The predicted molar refractivity (Wildman–Crippen MR) is 107 cm³/mol. The maximum absolute atomic E-state index is 13.0. The Kier molecular flexibility index (Phi) is 7.38. The third-order valence-electron chi connectivity index (χ3n) is 3.71. The topological polar surface area (TPSA) is 56.7 Å². The van der Waals surface area contributed by atoms with E-state index in [1.807, 2.05) is 18.9 Å². The lowest BCUT2D eigenvalue weighted by molar-refractivity contribution is -0.114. The molecule has 6 heteroatoms. The lowest BCUT2D eigenvalue weighted by Crippen LogP contribution is -2.39. The quantitative estimate of drug-likeness (QED) is 0.470. The van der Waals surface area contributed by atoms with Gasteiger partial charge in [0.1, 0.15) is 12.4 Å². The minimum atomic E-state index is -0.271. The molecule has 0 saturated heterocycles. The van der Waals surface area contributed by atoms with E-state index < -0.39 is 0 Å². The summed E-state index contributed by atoms with van der Waals surface area (Å²) in [5.41, 5.74) is 2.28. The van der Waals surface area contributed by atoms with Crippen LogP contribution in [0.4, 0.5) is 10.1 Å². The Morgan fingerprint density at radius 1 is 1.26 bits per heavy atom. The maximum Gasteiger partial charge on any atom is 0.246 e. The summed E-state index contributed by atoms with van der Waals surface area (Å²) in [6, 6.07) is 13.4. The van der Waals surface area contributed by atoms with Gasteiger partial charge < -0.3 is 15.5 Å². The zero-order valence-corrected chi connectivity index (χ0v) is 15.5. The minimum Gasteiger partial charge on any atom is -0.357 e. The van der Waals surface area contributed by atoms with Crippen LogP contribution in [0.15, 0.2) is 53.5 Å². The fraction of sp³-hybridized carbons (Fsp3) is 0.238. The van der Waals surface area contributed by atoms with Gasteiger partial charge in [0, 0.05) is 31.4 Å². The van der Waals surface area contributed by atoms with Gasteiger partial charge in [-0.3, -0.25) is 4.79 Å². The van der Waals surface area contributed by atoms with Crippen LogP contribution in [-0.2, 0) is 11.3 Å². The highest BCUT2D eigenvalue weighted by atomic mass is 19.1. The minimum absolute atomic E-state index is 0.0314. The second-order valence-corrected chi connectivity index (χ2v) is 5.93. The molecular weight excluding hydrogens is 343 g/mol. The predicted octanol–water partition coefficient (Wildman–Crippen LogP) is 2.84. The number of hydrogen-bond acceptors (Lipinski definition) is 2. The maximum atomic E-state index is 13.0. The van der Waals surface area contributed by atoms with Gasteiger partial charge in [0.15, 0.2) is 5.96 Å². The first-order valence-electron chi connectivity index (χ1n) is 8.62. The van der Waals surface area contributed by atoms with Gasteiger partial charge >= 0.3 is 0 Å². The summed E-state index contributed by atoms with van der Waals surface area (Å²) in [7, 11) is 1.86. The first-order valence-corrected chi connectivity index (χ1v) is 8.62. The number of halogens is 1. The highest BCUT2D eigenvalue weighted by Crippen LogP contribution is 2.09. The number of amides is 1. The van der Waals surface area contributed by atoms with Gasteiger partial charge in [0.25, 0.3) is 0 Å². The summed E-state index contributed by atoms with van der Waals surface area (Å²) in [5, 5.41) is 5.93. The molecule has 0 radical (unpaired) electrons. The number of terminal acetylenes is 1. The van der Waals surface area contributed by atoms with Crippen LogP contribution in [0.25, 0.3) is 0 Å². The lowest BCUT2D eigenvalue weighted by atomic mass is 10.2. The van der Waals surface area contributed by atoms with Gasteiger partial charge in [-0.2, -0.15) is 0 Å². The van der Waals surface area contributed by atoms with Crippen molar-refractivity contribution in [2.24, 2.45) is 4.99 Å².